The number of carboxylic acid groups (broad SMARTS) is 2. The van der Waals surface area contributed by atoms with Crippen LogP contribution < -0.4 is 40.8 Å². The van der Waals surface area contributed by atoms with Gasteiger partial charge in [-0.25, -0.2) is 14.4 Å². The van der Waals surface area contributed by atoms with Gasteiger partial charge >= 0.3 is 47.2 Å². The van der Waals surface area contributed by atoms with E-state index in [2.05, 4.69) is 0 Å². The summed E-state index contributed by atoms with van der Waals surface area (Å²) < 4.78 is 0.711. The van der Waals surface area contributed by atoms with Crippen molar-refractivity contribution in [2.24, 2.45) is 0 Å². The quantitative estimate of drug-likeness (QED) is 0.488. The summed E-state index contributed by atoms with van der Waals surface area (Å²) in [4.78, 5) is 47.4. The normalized spacial score (nSPS) is 9.39. The maximum absolute atomic E-state index is 11.8. The average Bonchev–Trinajstić information content (AvgIpc) is 2.41. The Hall–Kier alpha value is -2.20. The molecule has 0 unspecified atom stereocenters. The molecule has 1 aromatic carbocycles. The van der Waals surface area contributed by atoms with E-state index in [4.69, 9.17) is 10.2 Å². The second-order valence-corrected chi connectivity index (χ2v) is 4.16. The van der Waals surface area contributed by atoms with Crippen LogP contribution in [-0.4, -0.2) is 37.2 Å². The third-order valence-electron chi connectivity index (χ3n) is 2.80. The second kappa shape index (κ2) is 8.44. The van der Waals surface area contributed by atoms with Crippen molar-refractivity contribution in [1.29, 1.82) is 0 Å². The number of hydrogen-bond acceptors (Lipinski definition) is 4. The number of H-pyrrole nitrogens is 1. The molecule has 0 radical (unpaired) electrons. The molecule has 23 heavy (non-hydrogen) atoms. The van der Waals surface area contributed by atoms with E-state index < -0.39 is 34.4 Å². The topological polar surface area (TPSA) is 161 Å². The van der Waals surface area contributed by atoms with Gasteiger partial charge < -0.3 is 17.1 Å². The molecule has 2 rings (SSSR count). The van der Waals surface area contributed by atoms with Crippen LogP contribution in [0, 0.1) is 0 Å². The fourth-order valence-electron chi connectivity index (χ4n) is 1.91. The van der Waals surface area contributed by atoms with Crippen LogP contribution in [0.3, 0.4) is 0 Å². The van der Waals surface area contributed by atoms with E-state index in [1.54, 1.807) is 30.3 Å². The Labute approximate surface area is 152 Å². The SMILES string of the molecule is O.O=C(O)c1c(C(=O)O)n(Cc2ccccc2)c(=O)[nH]c1=O.[H-].[Na+]. The average molecular weight is 332 g/mol. The number of aromatic carboxylic acids is 2. The number of carboxylic acids is 2. The van der Waals surface area contributed by atoms with Crippen LogP contribution in [0.15, 0.2) is 39.9 Å². The summed E-state index contributed by atoms with van der Waals surface area (Å²) >= 11 is 0. The van der Waals surface area contributed by atoms with Gasteiger partial charge in [0.15, 0.2) is 11.3 Å². The van der Waals surface area contributed by atoms with Crippen molar-refractivity contribution in [3.8, 4) is 0 Å². The Bertz CT molecular complexity index is 832. The van der Waals surface area contributed by atoms with Gasteiger partial charge in [-0.2, -0.15) is 0 Å². The molecule has 0 atom stereocenters. The Morgan fingerprint density at radius 1 is 1.09 bits per heavy atom. The zero-order valence-corrected chi connectivity index (χ0v) is 14.1. The molecule has 0 saturated heterocycles. The first-order valence-electron chi connectivity index (χ1n) is 5.79. The first kappa shape index (κ1) is 20.8. The summed E-state index contributed by atoms with van der Waals surface area (Å²) in [5.41, 5.74) is -3.45. The molecule has 0 aliphatic carbocycles. The molecule has 9 nitrogen and oxygen atoms in total. The van der Waals surface area contributed by atoms with Crippen molar-refractivity contribution in [2.45, 2.75) is 6.54 Å². The molecule has 118 valence electrons. The predicted molar refractivity (Wildman–Crippen MR) is 75.5 cm³/mol. The third kappa shape index (κ3) is 4.39. The van der Waals surface area contributed by atoms with Crippen molar-refractivity contribution in [2.75, 3.05) is 0 Å². The van der Waals surface area contributed by atoms with Crippen molar-refractivity contribution < 1.29 is 56.3 Å². The van der Waals surface area contributed by atoms with Gasteiger partial charge in [-0.05, 0) is 5.56 Å². The van der Waals surface area contributed by atoms with E-state index in [0.29, 0.717) is 10.1 Å². The fourth-order valence-corrected chi connectivity index (χ4v) is 1.91. The molecule has 0 saturated carbocycles. The second-order valence-electron chi connectivity index (χ2n) is 4.16. The molecule has 0 spiro atoms. The first-order valence-corrected chi connectivity index (χ1v) is 5.79. The molecule has 0 fully saturated rings. The summed E-state index contributed by atoms with van der Waals surface area (Å²) in [5.74, 6) is -3.37. The van der Waals surface area contributed by atoms with Crippen LogP contribution in [0.25, 0.3) is 0 Å². The number of nitrogens with zero attached hydrogens (tertiary/aromatic N) is 1. The number of benzene rings is 1. The molecule has 5 N–H and O–H groups in total. The van der Waals surface area contributed by atoms with E-state index in [1.165, 1.54) is 0 Å². The minimum Gasteiger partial charge on any atom is -1.00 e. The van der Waals surface area contributed by atoms with Gasteiger partial charge in [-0.3, -0.25) is 14.3 Å². The third-order valence-corrected chi connectivity index (χ3v) is 2.80. The molecule has 0 amide bonds. The van der Waals surface area contributed by atoms with Crippen molar-refractivity contribution >= 4 is 11.9 Å². The monoisotopic (exact) mass is 332 g/mol. The fraction of sp³-hybridized carbons (Fsp3) is 0.0769. The molecule has 1 aromatic heterocycles. The number of nitrogens with one attached hydrogen (secondary N) is 1. The van der Waals surface area contributed by atoms with Gasteiger partial charge in [0.25, 0.3) is 5.56 Å². The van der Waals surface area contributed by atoms with Crippen LogP contribution in [0.4, 0.5) is 0 Å². The van der Waals surface area contributed by atoms with Crippen LogP contribution in [0.1, 0.15) is 27.8 Å². The number of carbonyl (C=O) groups is 2. The number of aromatic amines is 1. The molecule has 1 heterocycles. The number of aromatic nitrogens is 2. The molecule has 0 aliphatic heterocycles. The summed E-state index contributed by atoms with van der Waals surface area (Å²) in [6.45, 7) is -0.168. The Morgan fingerprint density at radius 3 is 2.13 bits per heavy atom. The first-order chi connectivity index (χ1) is 9.91. The Kier molecular flexibility index (Phi) is 7.63. The maximum Gasteiger partial charge on any atom is 1.00 e. The Morgan fingerprint density at radius 2 is 1.65 bits per heavy atom. The van der Waals surface area contributed by atoms with Crippen LogP contribution in [0.5, 0.6) is 0 Å². The van der Waals surface area contributed by atoms with Gasteiger partial charge in [0, 0.05) is 0 Å². The zero-order chi connectivity index (χ0) is 15.6. The van der Waals surface area contributed by atoms with Crippen LogP contribution in [0.2, 0.25) is 0 Å². The van der Waals surface area contributed by atoms with Gasteiger partial charge in [-0.1, -0.05) is 30.3 Å². The standard InChI is InChI=1S/C13H10N2O6.Na.H2O.H/c16-10-8(11(17)18)9(12(19)20)15(13(21)14-10)6-7-4-2-1-3-5-7;;;/h1-5H,6H2,(H,17,18)(H,19,20)(H,14,16,21);;1H2;/q;+1;;-1. The van der Waals surface area contributed by atoms with Crippen molar-refractivity contribution in [3.05, 3.63) is 68.0 Å². The molecule has 10 heteroatoms. The van der Waals surface area contributed by atoms with Crippen molar-refractivity contribution in [3.63, 3.8) is 0 Å². The van der Waals surface area contributed by atoms with E-state index in [0.717, 1.165) is 0 Å². The summed E-state index contributed by atoms with van der Waals surface area (Å²) in [7, 11) is 0. The van der Waals surface area contributed by atoms with Crippen LogP contribution >= 0.6 is 0 Å². The van der Waals surface area contributed by atoms with Crippen LogP contribution in [-0.2, 0) is 6.54 Å². The minimum absolute atomic E-state index is 0. The molecular formula is C13H13N2NaO7. The summed E-state index contributed by atoms with van der Waals surface area (Å²) in [5, 5.41) is 18.1. The Balaban J connectivity index is 0. The van der Waals surface area contributed by atoms with Gasteiger partial charge in [0.1, 0.15) is 0 Å². The van der Waals surface area contributed by atoms with E-state index in [9.17, 15) is 19.2 Å². The largest absolute Gasteiger partial charge is 1.00 e. The molecule has 2 aromatic rings. The van der Waals surface area contributed by atoms with E-state index in [-0.39, 0.29) is 43.0 Å². The van der Waals surface area contributed by atoms with E-state index >= 15 is 0 Å². The molecule has 0 aliphatic rings. The molecular weight excluding hydrogens is 319 g/mol. The van der Waals surface area contributed by atoms with E-state index in [1.807, 2.05) is 4.98 Å². The maximum atomic E-state index is 11.8. The number of hydrogen-bond donors (Lipinski definition) is 3. The van der Waals surface area contributed by atoms with Crippen molar-refractivity contribution in [1.82, 2.24) is 9.55 Å². The predicted octanol–water partition coefficient (Wildman–Crippen LogP) is -3.73. The minimum atomic E-state index is -1.71. The van der Waals surface area contributed by atoms with Gasteiger partial charge in [0.2, 0.25) is 0 Å². The van der Waals surface area contributed by atoms with Gasteiger partial charge in [0.05, 0.1) is 6.54 Å². The smallest absolute Gasteiger partial charge is 1.00 e. The zero-order valence-electron chi connectivity index (χ0n) is 13.1. The van der Waals surface area contributed by atoms with Gasteiger partial charge in [-0.15, -0.1) is 0 Å². The summed E-state index contributed by atoms with van der Waals surface area (Å²) in [6, 6.07) is 8.39. The number of rotatable bonds is 4. The summed E-state index contributed by atoms with van der Waals surface area (Å²) in [6.07, 6.45) is 0. The molecule has 0 bridgehead atoms.